The van der Waals surface area contributed by atoms with E-state index in [0.29, 0.717) is 11.3 Å². The number of phenols is 1. The first kappa shape index (κ1) is 14.9. The first-order valence-corrected chi connectivity index (χ1v) is 6.62. The van der Waals surface area contributed by atoms with Crippen LogP contribution in [0.3, 0.4) is 0 Å². The van der Waals surface area contributed by atoms with Gasteiger partial charge < -0.3 is 14.6 Å². The molecule has 1 atom stereocenters. The Labute approximate surface area is 123 Å². The van der Waals surface area contributed by atoms with Crippen molar-refractivity contribution in [2.45, 2.75) is 12.8 Å². The summed E-state index contributed by atoms with van der Waals surface area (Å²) in [4.78, 5) is 12.6. The second kappa shape index (κ2) is 6.31. The highest BCUT2D eigenvalue weighted by atomic mass is 16.5. The Kier molecular flexibility index (Phi) is 4.48. The molecule has 2 aromatic carbocycles. The van der Waals surface area contributed by atoms with E-state index in [1.807, 2.05) is 31.2 Å². The van der Waals surface area contributed by atoms with Crippen molar-refractivity contribution in [1.29, 1.82) is 0 Å². The van der Waals surface area contributed by atoms with Crippen LogP contribution in [0.1, 0.15) is 28.8 Å². The molecule has 0 aliphatic rings. The molecule has 0 saturated heterocycles. The molecule has 0 radical (unpaired) electrons. The Morgan fingerprint density at radius 3 is 2.29 bits per heavy atom. The van der Waals surface area contributed by atoms with Gasteiger partial charge in [0.2, 0.25) is 0 Å². The maximum Gasteiger partial charge on any atom is 0.173 e. The van der Waals surface area contributed by atoms with Crippen molar-refractivity contribution in [2.24, 2.45) is 0 Å². The number of ketones is 1. The van der Waals surface area contributed by atoms with E-state index in [9.17, 15) is 9.90 Å². The second-order valence-corrected chi connectivity index (χ2v) is 4.74. The predicted molar refractivity (Wildman–Crippen MR) is 80.4 cm³/mol. The van der Waals surface area contributed by atoms with Crippen LogP contribution in [0.25, 0.3) is 0 Å². The minimum absolute atomic E-state index is 0.0583. The number of phenolic OH excluding ortho intramolecular Hbond substituents is 1. The number of hydrogen-bond acceptors (Lipinski definition) is 4. The summed E-state index contributed by atoms with van der Waals surface area (Å²) in [6, 6.07) is 11.9. The Morgan fingerprint density at radius 1 is 1.05 bits per heavy atom. The van der Waals surface area contributed by atoms with Gasteiger partial charge in [0.1, 0.15) is 17.2 Å². The third kappa shape index (κ3) is 3.16. The lowest BCUT2D eigenvalue weighted by Gasteiger charge is -2.14. The zero-order valence-corrected chi connectivity index (χ0v) is 12.3. The molecule has 2 rings (SSSR count). The molecular formula is C17H18O4. The van der Waals surface area contributed by atoms with Crippen LogP contribution in [-0.4, -0.2) is 25.1 Å². The van der Waals surface area contributed by atoms with Crippen LogP contribution in [0.15, 0.2) is 42.5 Å². The van der Waals surface area contributed by atoms with E-state index in [0.717, 1.165) is 11.3 Å². The van der Waals surface area contributed by atoms with Crippen LogP contribution in [0.4, 0.5) is 0 Å². The molecule has 2 aromatic rings. The zero-order valence-electron chi connectivity index (χ0n) is 12.3. The molecule has 21 heavy (non-hydrogen) atoms. The summed E-state index contributed by atoms with van der Waals surface area (Å²) >= 11 is 0. The molecule has 0 saturated carbocycles. The number of hydrogen-bond donors (Lipinski definition) is 1. The van der Waals surface area contributed by atoms with E-state index < -0.39 is 0 Å². The van der Waals surface area contributed by atoms with Crippen LogP contribution in [0, 0.1) is 0 Å². The van der Waals surface area contributed by atoms with Crippen molar-refractivity contribution < 1.29 is 19.4 Å². The highest BCUT2D eigenvalue weighted by Crippen LogP contribution is 2.29. The molecule has 0 aliphatic heterocycles. The van der Waals surface area contributed by atoms with Crippen molar-refractivity contribution >= 4 is 5.78 Å². The number of aromatic hydroxyl groups is 1. The van der Waals surface area contributed by atoms with Gasteiger partial charge in [0.05, 0.1) is 19.8 Å². The summed E-state index contributed by atoms with van der Waals surface area (Å²) in [5.41, 5.74) is 1.36. The van der Waals surface area contributed by atoms with Gasteiger partial charge in [-0.05, 0) is 29.8 Å². The number of benzene rings is 2. The molecule has 1 N–H and O–H groups in total. The lowest BCUT2D eigenvalue weighted by molar-refractivity contribution is 0.0963. The normalized spacial score (nSPS) is 11.8. The molecule has 0 bridgehead atoms. The van der Waals surface area contributed by atoms with Crippen LogP contribution < -0.4 is 9.47 Å². The maximum atomic E-state index is 12.6. The zero-order chi connectivity index (χ0) is 15.4. The van der Waals surface area contributed by atoms with Gasteiger partial charge in [0.25, 0.3) is 0 Å². The highest BCUT2D eigenvalue weighted by Gasteiger charge is 2.21. The Bertz CT molecular complexity index is 632. The maximum absolute atomic E-state index is 12.6. The average Bonchev–Trinajstić information content (AvgIpc) is 2.53. The molecule has 4 heteroatoms. The molecule has 0 unspecified atom stereocenters. The van der Waals surface area contributed by atoms with Crippen LogP contribution >= 0.6 is 0 Å². The minimum atomic E-state index is -0.311. The molecule has 0 heterocycles. The smallest absolute Gasteiger partial charge is 0.173 e. The van der Waals surface area contributed by atoms with Crippen molar-refractivity contribution in [2.75, 3.05) is 14.2 Å². The fraction of sp³-hybridized carbons (Fsp3) is 0.235. The van der Waals surface area contributed by atoms with E-state index in [1.54, 1.807) is 13.2 Å². The van der Waals surface area contributed by atoms with Gasteiger partial charge in [-0.2, -0.15) is 0 Å². The largest absolute Gasteiger partial charge is 0.508 e. The van der Waals surface area contributed by atoms with Gasteiger partial charge in [-0.25, -0.2) is 0 Å². The van der Waals surface area contributed by atoms with E-state index in [1.165, 1.54) is 19.2 Å². The number of ether oxygens (including phenoxy) is 2. The molecule has 0 amide bonds. The van der Waals surface area contributed by atoms with Crippen molar-refractivity contribution in [3.63, 3.8) is 0 Å². The Hall–Kier alpha value is -2.49. The highest BCUT2D eigenvalue weighted by molar-refractivity contribution is 6.03. The standard InChI is InChI=1S/C17H18O4/c1-11(12-4-7-14(20-2)8-5-12)17(19)15-9-6-13(18)10-16(15)21-3/h4-11,18H,1-3H3/t11-/m1/s1. The first-order chi connectivity index (χ1) is 10.1. The molecular weight excluding hydrogens is 268 g/mol. The van der Waals surface area contributed by atoms with Crippen LogP contribution in [0.2, 0.25) is 0 Å². The molecule has 0 spiro atoms. The van der Waals surface area contributed by atoms with E-state index in [-0.39, 0.29) is 17.5 Å². The number of Topliss-reactive ketones (excluding diaryl/α,β-unsaturated/α-hetero) is 1. The fourth-order valence-electron chi connectivity index (χ4n) is 2.16. The van der Waals surface area contributed by atoms with Crippen molar-refractivity contribution in [3.8, 4) is 17.2 Å². The third-order valence-electron chi connectivity index (χ3n) is 3.46. The molecule has 0 aliphatic carbocycles. The summed E-state index contributed by atoms with van der Waals surface area (Å²) < 4.78 is 10.3. The van der Waals surface area contributed by atoms with Gasteiger partial charge >= 0.3 is 0 Å². The minimum Gasteiger partial charge on any atom is -0.508 e. The van der Waals surface area contributed by atoms with Gasteiger partial charge in [-0.3, -0.25) is 4.79 Å². The number of carbonyl (C=O) groups is 1. The van der Waals surface area contributed by atoms with Gasteiger partial charge in [0, 0.05) is 12.0 Å². The fourth-order valence-corrected chi connectivity index (χ4v) is 2.16. The Morgan fingerprint density at radius 2 is 1.71 bits per heavy atom. The summed E-state index contributed by atoms with van der Waals surface area (Å²) in [5.74, 6) is 0.827. The number of carbonyl (C=O) groups excluding carboxylic acids is 1. The van der Waals surface area contributed by atoms with Crippen LogP contribution in [-0.2, 0) is 0 Å². The number of methoxy groups -OCH3 is 2. The molecule has 110 valence electrons. The summed E-state index contributed by atoms with van der Waals surface area (Å²) in [5, 5.41) is 9.46. The van der Waals surface area contributed by atoms with E-state index in [2.05, 4.69) is 0 Å². The third-order valence-corrected chi connectivity index (χ3v) is 3.46. The lowest BCUT2D eigenvalue weighted by Crippen LogP contribution is -2.11. The lowest BCUT2D eigenvalue weighted by atomic mass is 9.92. The monoisotopic (exact) mass is 286 g/mol. The molecule has 0 fully saturated rings. The van der Waals surface area contributed by atoms with Crippen LogP contribution in [0.5, 0.6) is 17.2 Å². The summed E-state index contributed by atoms with van der Waals surface area (Å²) in [6.07, 6.45) is 0. The first-order valence-electron chi connectivity index (χ1n) is 6.62. The van der Waals surface area contributed by atoms with Gasteiger partial charge in [0.15, 0.2) is 5.78 Å². The van der Waals surface area contributed by atoms with E-state index in [4.69, 9.17) is 9.47 Å². The number of rotatable bonds is 5. The second-order valence-electron chi connectivity index (χ2n) is 4.74. The summed E-state index contributed by atoms with van der Waals surface area (Å²) in [7, 11) is 3.08. The average molecular weight is 286 g/mol. The van der Waals surface area contributed by atoms with Gasteiger partial charge in [-0.1, -0.05) is 19.1 Å². The van der Waals surface area contributed by atoms with E-state index >= 15 is 0 Å². The van der Waals surface area contributed by atoms with Gasteiger partial charge in [-0.15, -0.1) is 0 Å². The molecule has 0 aromatic heterocycles. The quantitative estimate of drug-likeness (QED) is 0.856. The predicted octanol–water partition coefficient (Wildman–Crippen LogP) is 3.40. The van der Waals surface area contributed by atoms with Crippen molar-refractivity contribution in [3.05, 3.63) is 53.6 Å². The Balaban J connectivity index is 2.30. The SMILES string of the molecule is COc1ccc([C@@H](C)C(=O)c2ccc(O)cc2OC)cc1. The molecule has 4 nitrogen and oxygen atoms in total. The van der Waals surface area contributed by atoms with Crippen molar-refractivity contribution in [1.82, 2.24) is 0 Å². The topological polar surface area (TPSA) is 55.8 Å². The summed E-state index contributed by atoms with van der Waals surface area (Å²) in [6.45, 7) is 1.84.